The SMILES string of the molecule is O=C(c1cc(COc2ccc(-n3cncn3)cc2)on1)N1CCC[C@H](c2ccccc2)CC1. The second kappa shape index (κ2) is 9.68. The van der Waals surface area contributed by atoms with Gasteiger partial charge in [0, 0.05) is 19.2 Å². The Labute approximate surface area is 191 Å². The fraction of sp³-hybridized carbons (Fsp3) is 0.280. The summed E-state index contributed by atoms with van der Waals surface area (Å²) >= 11 is 0. The van der Waals surface area contributed by atoms with E-state index in [-0.39, 0.29) is 12.5 Å². The minimum absolute atomic E-state index is 0.0871. The molecule has 8 heteroatoms. The van der Waals surface area contributed by atoms with Gasteiger partial charge in [0.15, 0.2) is 11.5 Å². The van der Waals surface area contributed by atoms with E-state index in [1.54, 1.807) is 17.1 Å². The zero-order valence-corrected chi connectivity index (χ0v) is 18.2. The zero-order valence-electron chi connectivity index (χ0n) is 18.2. The van der Waals surface area contributed by atoms with Gasteiger partial charge in [-0.3, -0.25) is 4.79 Å². The van der Waals surface area contributed by atoms with Crippen LogP contribution in [-0.4, -0.2) is 43.8 Å². The van der Waals surface area contributed by atoms with Crippen LogP contribution in [0.25, 0.3) is 5.69 Å². The van der Waals surface area contributed by atoms with Crippen molar-refractivity contribution in [3.05, 3.63) is 90.3 Å². The summed E-state index contributed by atoms with van der Waals surface area (Å²) in [5, 5.41) is 8.09. The zero-order chi connectivity index (χ0) is 22.5. The minimum atomic E-state index is -0.0871. The molecule has 2 aromatic heterocycles. The van der Waals surface area contributed by atoms with Crippen molar-refractivity contribution >= 4 is 5.91 Å². The number of benzene rings is 2. The van der Waals surface area contributed by atoms with Crippen LogP contribution in [0, 0.1) is 0 Å². The lowest BCUT2D eigenvalue weighted by molar-refractivity contribution is 0.0750. The van der Waals surface area contributed by atoms with Gasteiger partial charge in [0.2, 0.25) is 0 Å². The predicted octanol–water partition coefficient (Wildman–Crippen LogP) is 4.24. The van der Waals surface area contributed by atoms with Gasteiger partial charge in [-0.15, -0.1) is 0 Å². The molecule has 0 radical (unpaired) electrons. The van der Waals surface area contributed by atoms with E-state index in [1.165, 1.54) is 11.9 Å². The van der Waals surface area contributed by atoms with Crippen LogP contribution in [0.5, 0.6) is 5.75 Å². The van der Waals surface area contributed by atoms with Crippen LogP contribution in [0.3, 0.4) is 0 Å². The number of nitrogens with zero attached hydrogens (tertiary/aromatic N) is 5. The van der Waals surface area contributed by atoms with Crippen molar-refractivity contribution in [1.82, 2.24) is 24.8 Å². The molecule has 3 heterocycles. The first-order valence-electron chi connectivity index (χ1n) is 11.1. The van der Waals surface area contributed by atoms with Crippen LogP contribution >= 0.6 is 0 Å². The third kappa shape index (κ3) is 4.95. The summed E-state index contributed by atoms with van der Waals surface area (Å²) in [7, 11) is 0. The Morgan fingerprint density at radius 3 is 2.70 bits per heavy atom. The van der Waals surface area contributed by atoms with Crippen molar-refractivity contribution in [3.8, 4) is 11.4 Å². The second-order valence-corrected chi connectivity index (χ2v) is 8.13. The number of hydrogen-bond donors (Lipinski definition) is 0. The van der Waals surface area contributed by atoms with Gasteiger partial charge in [-0.1, -0.05) is 35.5 Å². The molecule has 5 rings (SSSR count). The topological polar surface area (TPSA) is 86.3 Å². The highest BCUT2D eigenvalue weighted by Crippen LogP contribution is 2.28. The molecule has 1 saturated heterocycles. The average molecular weight is 444 g/mol. The lowest BCUT2D eigenvalue weighted by atomic mass is 9.92. The molecule has 33 heavy (non-hydrogen) atoms. The number of carbonyl (C=O) groups excluding carboxylic acids is 1. The summed E-state index contributed by atoms with van der Waals surface area (Å²) in [4.78, 5) is 18.8. The van der Waals surface area contributed by atoms with Gasteiger partial charge in [0.05, 0.1) is 5.69 Å². The van der Waals surface area contributed by atoms with E-state index in [9.17, 15) is 4.79 Å². The maximum atomic E-state index is 13.0. The first-order valence-corrected chi connectivity index (χ1v) is 11.1. The maximum absolute atomic E-state index is 13.0. The predicted molar refractivity (Wildman–Crippen MR) is 121 cm³/mol. The Bertz CT molecular complexity index is 1170. The Balaban J connectivity index is 1.16. The quantitative estimate of drug-likeness (QED) is 0.443. The van der Waals surface area contributed by atoms with Crippen LogP contribution in [0.2, 0.25) is 0 Å². The molecule has 1 fully saturated rings. The normalized spacial score (nSPS) is 16.4. The van der Waals surface area contributed by atoms with Gasteiger partial charge >= 0.3 is 0 Å². The van der Waals surface area contributed by atoms with E-state index in [1.807, 2.05) is 35.2 Å². The highest BCUT2D eigenvalue weighted by atomic mass is 16.5. The number of hydrogen-bond acceptors (Lipinski definition) is 6. The third-order valence-corrected chi connectivity index (χ3v) is 5.97. The largest absolute Gasteiger partial charge is 0.486 e. The van der Waals surface area contributed by atoms with Gasteiger partial charge in [0.1, 0.15) is 25.0 Å². The molecule has 0 N–H and O–H groups in total. The molecular formula is C25H25N5O3. The van der Waals surface area contributed by atoms with Gasteiger partial charge in [-0.2, -0.15) is 5.10 Å². The van der Waals surface area contributed by atoms with Crippen molar-refractivity contribution < 1.29 is 14.1 Å². The van der Waals surface area contributed by atoms with Gasteiger partial charge in [0.25, 0.3) is 5.91 Å². The van der Waals surface area contributed by atoms with Crippen molar-refractivity contribution in [2.45, 2.75) is 31.8 Å². The van der Waals surface area contributed by atoms with Gasteiger partial charge in [-0.25, -0.2) is 9.67 Å². The maximum Gasteiger partial charge on any atom is 0.276 e. The second-order valence-electron chi connectivity index (χ2n) is 8.13. The molecule has 0 bridgehead atoms. The highest BCUT2D eigenvalue weighted by molar-refractivity contribution is 5.92. The summed E-state index contributed by atoms with van der Waals surface area (Å²) in [6.45, 7) is 1.65. The molecule has 0 aliphatic carbocycles. The first-order chi connectivity index (χ1) is 16.3. The molecule has 1 atom stereocenters. The van der Waals surface area contributed by atoms with Crippen molar-refractivity contribution in [2.24, 2.45) is 0 Å². The van der Waals surface area contributed by atoms with E-state index in [0.717, 1.165) is 38.0 Å². The molecule has 2 aromatic carbocycles. The number of rotatable bonds is 6. The molecule has 8 nitrogen and oxygen atoms in total. The van der Waals surface area contributed by atoms with Gasteiger partial charge in [-0.05, 0) is 55.0 Å². The van der Waals surface area contributed by atoms with Crippen LogP contribution in [0.1, 0.15) is 47.0 Å². The van der Waals surface area contributed by atoms with Crippen molar-refractivity contribution in [3.63, 3.8) is 0 Å². The van der Waals surface area contributed by atoms with Crippen molar-refractivity contribution in [2.75, 3.05) is 13.1 Å². The Kier molecular flexibility index (Phi) is 6.14. The molecule has 1 aliphatic rings. The van der Waals surface area contributed by atoms with Gasteiger partial charge < -0.3 is 14.2 Å². The molecule has 168 valence electrons. The van der Waals surface area contributed by atoms with E-state index >= 15 is 0 Å². The van der Waals surface area contributed by atoms with E-state index < -0.39 is 0 Å². The summed E-state index contributed by atoms with van der Waals surface area (Å²) in [6, 6.07) is 19.7. The first kappa shape index (κ1) is 20.9. The van der Waals surface area contributed by atoms with Crippen molar-refractivity contribution in [1.29, 1.82) is 0 Å². The molecule has 0 spiro atoms. The number of carbonyl (C=O) groups is 1. The van der Waals surface area contributed by atoms with Crippen LogP contribution in [0.4, 0.5) is 0 Å². The minimum Gasteiger partial charge on any atom is -0.486 e. The monoisotopic (exact) mass is 443 g/mol. The number of amides is 1. The fourth-order valence-corrected chi connectivity index (χ4v) is 4.19. The summed E-state index contributed by atoms with van der Waals surface area (Å²) < 4.78 is 12.8. The molecule has 1 amide bonds. The lowest BCUT2D eigenvalue weighted by Crippen LogP contribution is -2.32. The molecule has 4 aromatic rings. The van der Waals surface area contributed by atoms with Crippen LogP contribution in [0.15, 0.2) is 77.8 Å². The molecule has 0 saturated carbocycles. The molecular weight excluding hydrogens is 418 g/mol. The van der Waals surface area contributed by atoms with E-state index in [2.05, 4.69) is 39.5 Å². The Morgan fingerprint density at radius 2 is 1.91 bits per heavy atom. The Hall–Kier alpha value is -3.94. The van der Waals surface area contributed by atoms with Crippen LogP contribution < -0.4 is 4.74 Å². The standard InChI is InChI=1S/C25H25N5O3/c31-25(29-13-4-7-20(12-14-29)19-5-2-1-3-6-19)24-15-23(33-28-24)16-32-22-10-8-21(9-11-22)30-18-26-17-27-30/h1-3,5-6,8-11,15,17-18,20H,4,7,12-14,16H2/t20-/m0/s1. The summed E-state index contributed by atoms with van der Waals surface area (Å²) in [6.07, 6.45) is 6.13. The van der Waals surface area contributed by atoms with Crippen LogP contribution in [-0.2, 0) is 6.61 Å². The Morgan fingerprint density at radius 1 is 1.06 bits per heavy atom. The average Bonchev–Trinajstić information content (AvgIpc) is 3.51. The summed E-state index contributed by atoms with van der Waals surface area (Å²) in [5.74, 6) is 1.59. The fourth-order valence-electron chi connectivity index (χ4n) is 4.19. The highest BCUT2D eigenvalue weighted by Gasteiger charge is 2.24. The van der Waals surface area contributed by atoms with E-state index in [0.29, 0.717) is 23.1 Å². The lowest BCUT2D eigenvalue weighted by Gasteiger charge is -2.19. The van der Waals surface area contributed by atoms with E-state index in [4.69, 9.17) is 9.26 Å². The summed E-state index contributed by atoms with van der Waals surface area (Å²) in [5.41, 5.74) is 2.56. The third-order valence-electron chi connectivity index (χ3n) is 5.97. The number of aromatic nitrogens is 4. The smallest absolute Gasteiger partial charge is 0.276 e. The number of likely N-dealkylation sites (tertiary alicyclic amines) is 1. The molecule has 0 unspecified atom stereocenters. The molecule has 1 aliphatic heterocycles. The number of ether oxygens (including phenoxy) is 1.